The number of nitrogens with zero attached hydrogens (tertiary/aromatic N) is 1. The smallest absolute Gasteiger partial charge is 0.248 e. The van der Waals surface area contributed by atoms with E-state index in [1.807, 2.05) is 54.6 Å². The largest absolute Gasteiger partial charge is 0.345 e. The van der Waals surface area contributed by atoms with Gasteiger partial charge in [-0.15, -0.1) is 0 Å². The van der Waals surface area contributed by atoms with Crippen molar-refractivity contribution in [3.05, 3.63) is 60.2 Å². The number of aromatic nitrogens is 2. The lowest BCUT2D eigenvalue weighted by Crippen LogP contribution is -2.41. The van der Waals surface area contributed by atoms with Gasteiger partial charge in [0.05, 0.1) is 11.0 Å². The van der Waals surface area contributed by atoms with Crippen molar-refractivity contribution < 1.29 is 9.59 Å². The highest BCUT2D eigenvalue weighted by atomic mass is 16.2. The number of nitrogens with one attached hydrogen (secondary N) is 3. The number of carbonyl (C=O) groups is 2. The summed E-state index contributed by atoms with van der Waals surface area (Å²) in [6.07, 6.45) is 0.983. The molecule has 25 heavy (non-hydrogen) atoms. The van der Waals surface area contributed by atoms with E-state index >= 15 is 0 Å². The van der Waals surface area contributed by atoms with Crippen LogP contribution in [0.1, 0.15) is 18.9 Å². The molecular formula is C19H20N4O2. The van der Waals surface area contributed by atoms with Crippen LogP contribution in [0.5, 0.6) is 0 Å². The fourth-order valence-electron chi connectivity index (χ4n) is 2.52. The van der Waals surface area contributed by atoms with E-state index in [0.29, 0.717) is 18.8 Å². The predicted molar refractivity (Wildman–Crippen MR) is 97.1 cm³/mol. The molecule has 0 spiro atoms. The van der Waals surface area contributed by atoms with Gasteiger partial charge in [0.1, 0.15) is 6.04 Å². The monoisotopic (exact) mass is 336 g/mol. The predicted octanol–water partition coefficient (Wildman–Crippen LogP) is 2.64. The molecule has 2 amide bonds. The minimum atomic E-state index is -0.642. The molecule has 0 aliphatic carbocycles. The second kappa shape index (κ2) is 7.61. The summed E-state index contributed by atoms with van der Waals surface area (Å²) in [6.45, 7) is 1.65. The molecule has 0 aliphatic heterocycles. The summed E-state index contributed by atoms with van der Waals surface area (Å²) in [5.41, 5.74) is 2.71. The molecule has 1 unspecified atom stereocenters. The number of para-hydroxylation sites is 2. The van der Waals surface area contributed by atoms with Gasteiger partial charge < -0.3 is 10.3 Å². The van der Waals surface area contributed by atoms with Crippen LogP contribution in [-0.2, 0) is 16.0 Å². The van der Waals surface area contributed by atoms with E-state index in [1.54, 1.807) is 6.92 Å². The van der Waals surface area contributed by atoms with Crippen molar-refractivity contribution in [1.82, 2.24) is 15.3 Å². The van der Waals surface area contributed by atoms with Gasteiger partial charge in [-0.05, 0) is 31.0 Å². The average Bonchev–Trinajstić information content (AvgIpc) is 3.03. The van der Waals surface area contributed by atoms with E-state index in [1.165, 1.54) is 0 Å². The summed E-state index contributed by atoms with van der Waals surface area (Å²) < 4.78 is 0. The van der Waals surface area contributed by atoms with Crippen molar-refractivity contribution in [3.8, 4) is 0 Å². The van der Waals surface area contributed by atoms with E-state index in [4.69, 9.17) is 0 Å². The Kier molecular flexibility index (Phi) is 5.09. The Bertz CT molecular complexity index is 840. The standard InChI is InChI=1S/C19H20N4O2/c1-13(20-17(24)12-11-14-7-3-2-4-8-14)18(25)23-19-21-15-9-5-6-10-16(15)22-19/h2-10,13H,11-12H2,1H3,(H,20,24)(H2,21,22,23,25). The highest BCUT2D eigenvalue weighted by Gasteiger charge is 2.17. The lowest BCUT2D eigenvalue weighted by Gasteiger charge is -2.13. The molecule has 1 heterocycles. The lowest BCUT2D eigenvalue weighted by molar-refractivity contribution is -0.126. The highest BCUT2D eigenvalue weighted by molar-refractivity contribution is 5.96. The summed E-state index contributed by atoms with van der Waals surface area (Å²) in [5.74, 6) is -0.0974. The van der Waals surface area contributed by atoms with Crippen molar-refractivity contribution in [3.63, 3.8) is 0 Å². The average molecular weight is 336 g/mol. The number of aromatic amines is 1. The topological polar surface area (TPSA) is 86.9 Å². The fraction of sp³-hybridized carbons (Fsp3) is 0.211. The Hall–Kier alpha value is -3.15. The molecule has 3 rings (SSSR count). The Labute approximate surface area is 145 Å². The molecule has 0 saturated carbocycles. The summed E-state index contributed by atoms with van der Waals surface area (Å²) in [5, 5.41) is 5.40. The van der Waals surface area contributed by atoms with Crippen LogP contribution in [0.2, 0.25) is 0 Å². The van der Waals surface area contributed by atoms with Gasteiger partial charge in [-0.2, -0.15) is 0 Å². The molecular weight excluding hydrogens is 316 g/mol. The minimum Gasteiger partial charge on any atom is -0.345 e. The summed E-state index contributed by atoms with van der Waals surface area (Å²) >= 11 is 0. The van der Waals surface area contributed by atoms with Gasteiger partial charge in [0.15, 0.2) is 0 Å². The molecule has 0 fully saturated rings. The van der Waals surface area contributed by atoms with Crippen LogP contribution in [0.3, 0.4) is 0 Å². The molecule has 128 valence electrons. The molecule has 3 N–H and O–H groups in total. The number of hydrogen-bond donors (Lipinski definition) is 3. The molecule has 0 aliphatic rings. The van der Waals surface area contributed by atoms with E-state index in [-0.39, 0.29) is 11.8 Å². The molecule has 2 aromatic carbocycles. The normalized spacial score (nSPS) is 11.9. The Morgan fingerprint density at radius 3 is 2.56 bits per heavy atom. The molecule has 6 heteroatoms. The summed E-state index contributed by atoms with van der Waals surface area (Å²) in [4.78, 5) is 31.5. The third kappa shape index (κ3) is 4.44. The van der Waals surface area contributed by atoms with Crippen LogP contribution in [-0.4, -0.2) is 27.8 Å². The van der Waals surface area contributed by atoms with Crippen LogP contribution < -0.4 is 10.6 Å². The number of H-pyrrole nitrogens is 1. The van der Waals surface area contributed by atoms with Crippen molar-refractivity contribution in [1.29, 1.82) is 0 Å². The first-order valence-electron chi connectivity index (χ1n) is 8.21. The van der Waals surface area contributed by atoms with E-state index in [9.17, 15) is 9.59 Å². The number of aryl methyl sites for hydroxylation is 1. The van der Waals surface area contributed by atoms with Crippen LogP contribution in [0.25, 0.3) is 11.0 Å². The molecule has 1 atom stereocenters. The number of benzene rings is 2. The number of imidazole rings is 1. The third-order valence-electron chi connectivity index (χ3n) is 3.89. The number of rotatable bonds is 6. The highest BCUT2D eigenvalue weighted by Crippen LogP contribution is 2.13. The summed E-state index contributed by atoms with van der Waals surface area (Å²) in [7, 11) is 0. The lowest BCUT2D eigenvalue weighted by atomic mass is 10.1. The number of hydrogen-bond acceptors (Lipinski definition) is 3. The van der Waals surface area contributed by atoms with Gasteiger partial charge in [0.2, 0.25) is 17.8 Å². The Morgan fingerprint density at radius 2 is 1.80 bits per heavy atom. The fourth-order valence-corrected chi connectivity index (χ4v) is 2.52. The van der Waals surface area contributed by atoms with Gasteiger partial charge in [0.25, 0.3) is 0 Å². The first kappa shape index (κ1) is 16.7. The molecule has 0 saturated heterocycles. The maximum atomic E-state index is 12.2. The van der Waals surface area contributed by atoms with Gasteiger partial charge >= 0.3 is 0 Å². The van der Waals surface area contributed by atoms with Gasteiger partial charge in [-0.3, -0.25) is 14.9 Å². The molecule has 0 bridgehead atoms. The Balaban J connectivity index is 1.50. The van der Waals surface area contributed by atoms with Gasteiger partial charge in [-0.25, -0.2) is 4.98 Å². The van der Waals surface area contributed by atoms with Crippen molar-refractivity contribution in [2.45, 2.75) is 25.8 Å². The second-order valence-corrected chi connectivity index (χ2v) is 5.87. The number of anilines is 1. The molecule has 3 aromatic rings. The number of carbonyl (C=O) groups excluding carboxylic acids is 2. The number of amides is 2. The third-order valence-corrected chi connectivity index (χ3v) is 3.89. The van der Waals surface area contributed by atoms with Crippen molar-refractivity contribution >= 4 is 28.8 Å². The zero-order valence-corrected chi connectivity index (χ0v) is 14.0. The van der Waals surface area contributed by atoms with Crippen molar-refractivity contribution in [2.24, 2.45) is 0 Å². The van der Waals surface area contributed by atoms with E-state index < -0.39 is 6.04 Å². The maximum Gasteiger partial charge on any atom is 0.248 e. The zero-order chi connectivity index (χ0) is 17.6. The van der Waals surface area contributed by atoms with Crippen LogP contribution in [0.4, 0.5) is 5.95 Å². The van der Waals surface area contributed by atoms with Crippen LogP contribution >= 0.6 is 0 Å². The zero-order valence-electron chi connectivity index (χ0n) is 14.0. The van der Waals surface area contributed by atoms with Gasteiger partial charge in [0, 0.05) is 6.42 Å². The summed E-state index contributed by atoms with van der Waals surface area (Å²) in [6, 6.07) is 16.6. The van der Waals surface area contributed by atoms with Crippen LogP contribution in [0, 0.1) is 0 Å². The Morgan fingerprint density at radius 1 is 1.08 bits per heavy atom. The first-order valence-corrected chi connectivity index (χ1v) is 8.21. The first-order chi connectivity index (χ1) is 12.1. The molecule has 0 radical (unpaired) electrons. The quantitative estimate of drug-likeness (QED) is 0.647. The van der Waals surface area contributed by atoms with Gasteiger partial charge in [-0.1, -0.05) is 42.5 Å². The molecule has 1 aromatic heterocycles. The second-order valence-electron chi connectivity index (χ2n) is 5.87. The maximum absolute atomic E-state index is 12.2. The number of fused-ring (bicyclic) bond motifs is 1. The van der Waals surface area contributed by atoms with E-state index in [2.05, 4.69) is 20.6 Å². The minimum absolute atomic E-state index is 0.156. The van der Waals surface area contributed by atoms with Crippen molar-refractivity contribution in [2.75, 3.05) is 5.32 Å². The van der Waals surface area contributed by atoms with Crippen LogP contribution in [0.15, 0.2) is 54.6 Å². The molecule has 6 nitrogen and oxygen atoms in total. The van der Waals surface area contributed by atoms with E-state index in [0.717, 1.165) is 16.6 Å². The SMILES string of the molecule is CC(NC(=O)CCc1ccccc1)C(=O)Nc1nc2ccccc2[nH]1.